The monoisotopic (exact) mass is 104 g/mol. The summed E-state index contributed by atoms with van der Waals surface area (Å²) in [5.74, 6) is -2.92. The summed E-state index contributed by atoms with van der Waals surface area (Å²) in [6.45, 7) is 3.24. The van der Waals surface area contributed by atoms with Crippen LogP contribution in [0.15, 0.2) is 12.7 Å². The largest absolute Gasteiger partial charge is 0.255 e. The standard InChI is InChI=1S/C5H6F2/c1-2-4-3-5(4,6)7/h2,4H,1,3H2/t4-/m0/s1. The summed E-state index contributed by atoms with van der Waals surface area (Å²) < 4.78 is 23.5. The molecule has 0 aromatic carbocycles. The third-order valence-corrected chi connectivity index (χ3v) is 1.16. The molecule has 7 heavy (non-hydrogen) atoms. The molecule has 1 saturated carbocycles. The lowest BCUT2D eigenvalue weighted by atomic mass is 10.4. The molecule has 0 radical (unpaired) electrons. The summed E-state index contributed by atoms with van der Waals surface area (Å²) in [7, 11) is 0. The van der Waals surface area contributed by atoms with E-state index in [0.29, 0.717) is 0 Å². The molecule has 0 heterocycles. The Morgan fingerprint density at radius 1 is 1.71 bits per heavy atom. The Labute approximate surface area is 40.8 Å². The number of alkyl halides is 2. The molecule has 0 nitrogen and oxygen atoms in total. The molecule has 0 N–H and O–H groups in total. The second-order valence-corrected chi connectivity index (χ2v) is 1.81. The highest BCUT2D eigenvalue weighted by molar-refractivity contribution is 5.04. The molecule has 0 aromatic rings. The van der Waals surface area contributed by atoms with Crippen molar-refractivity contribution in [3.8, 4) is 0 Å². The molecule has 1 aliphatic rings. The maximum Gasteiger partial charge on any atom is 0.255 e. The summed E-state index contributed by atoms with van der Waals surface area (Å²) in [5, 5.41) is 0. The van der Waals surface area contributed by atoms with E-state index in [4.69, 9.17) is 0 Å². The van der Waals surface area contributed by atoms with Gasteiger partial charge in [0.1, 0.15) is 0 Å². The summed E-state index contributed by atoms with van der Waals surface area (Å²) in [6, 6.07) is 0. The lowest BCUT2D eigenvalue weighted by molar-refractivity contribution is 0.107. The van der Waals surface area contributed by atoms with Crippen LogP contribution in [0.3, 0.4) is 0 Å². The van der Waals surface area contributed by atoms with Crippen LogP contribution in [0.5, 0.6) is 0 Å². The van der Waals surface area contributed by atoms with Crippen LogP contribution in [0, 0.1) is 5.92 Å². The minimum Gasteiger partial charge on any atom is -0.206 e. The summed E-state index contributed by atoms with van der Waals surface area (Å²) in [4.78, 5) is 0. The van der Waals surface area contributed by atoms with E-state index in [2.05, 4.69) is 6.58 Å². The van der Waals surface area contributed by atoms with E-state index in [0.717, 1.165) is 0 Å². The molecule has 0 bridgehead atoms. The minimum absolute atomic E-state index is 0.0104. The molecular weight excluding hydrogens is 98.1 g/mol. The van der Waals surface area contributed by atoms with Gasteiger partial charge < -0.3 is 0 Å². The fourth-order valence-corrected chi connectivity index (χ4v) is 0.490. The lowest BCUT2D eigenvalue weighted by Gasteiger charge is -1.83. The third-order valence-electron chi connectivity index (χ3n) is 1.16. The Morgan fingerprint density at radius 3 is 2.14 bits per heavy atom. The van der Waals surface area contributed by atoms with Gasteiger partial charge >= 0.3 is 0 Å². The molecule has 2 heteroatoms. The molecule has 0 amide bonds. The average molecular weight is 104 g/mol. The van der Waals surface area contributed by atoms with Gasteiger partial charge in [0.25, 0.3) is 5.92 Å². The van der Waals surface area contributed by atoms with E-state index in [1.54, 1.807) is 0 Å². The second-order valence-electron chi connectivity index (χ2n) is 1.81. The van der Waals surface area contributed by atoms with Gasteiger partial charge in [-0.1, -0.05) is 6.08 Å². The number of rotatable bonds is 1. The van der Waals surface area contributed by atoms with E-state index in [9.17, 15) is 8.78 Å². The Morgan fingerprint density at radius 2 is 2.14 bits per heavy atom. The molecule has 0 spiro atoms. The smallest absolute Gasteiger partial charge is 0.206 e. The maximum atomic E-state index is 11.7. The topological polar surface area (TPSA) is 0 Å². The Hall–Kier alpha value is -0.400. The first kappa shape index (κ1) is 4.75. The van der Waals surface area contributed by atoms with Crippen molar-refractivity contribution in [1.82, 2.24) is 0 Å². The van der Waals surface area contributed by atoms with E-state index in [-0.39, 0.29) is 6.42 Å². The first-order valence-corrected chi connectivity index (χ1v) is 2.17. The number of hydrogen-bond donors (Lipinski definition) is 0. The van der Waals surface area contributed by atoms with Gasteiger partial charge in [0.2, 0.25) is 0 Å². The van der Waals surface area contributed by atoms with Crippen LogP contribution in [-0.4, -0.2) is 5.92 Å². The van der Waals surface area contributed by atoms with Crippen LogP contribution in [0.25, 0.3) is 0 Å². The molecule has 0 saturated heterocycles. The fourth-order valence-electron chi connectivity index (χ4n) is 0.490. The zero-order chi connectivity index (χ0) is 5.49. The highest BCUT2D eigenvalue weighted by Gasteiger charge is 2.54. The summed E-state index contributed by atoms with van der Waals surface area (Å²) in [5.41, 5.74) is 0. The van der Waals surface area contributed by atoms with Crippen molar-refractivity contribution < 1.29 is 8.78 Å². The van der Waals surface area contributed by atoms with Gasteiger partial charge in [-0.3, -0.25) is 0 Å². The van der Waals surface area contributed by atoms with Gasteiger partial charge in [0, 0.05) is 12.3 Å². The Bertz CT molecular complexity index is 96.3. The van der Waals surface area contributed by atoms with E-state index in [1.165, 1.54) is 6.08 Å². The van der Waals surface area contributed by atoms with Crippen molar-refractivity contribution in [2.24, 2.45) is 5.92 Å². The molecular formula is C5H6F2. The van der Waals surface area contributed by atoms with Crippen LogP contribution in [0.4, 0.5) is 8.78 Å². The molecule has 40 valence electrons. The maximum absolute atomic E-state index is 11.7. The quantitative estimate of drug-likeness (QED) is 0.445. The minimum atomic E-state index is -2.40. The third kappa shape index (κ3) is 0.646. The van der Waals surface area contributed by atoms with Gasteiger partial charge in [-0.25, -0.2) is 8.78 Å². The molecule has 1 rings (SSSR count). The number of allylic oxidation sites excluding steroid dienone is 1. The van der Waals surface area contributed by atoms with Gasteiger partial charge in [0.05, 0.1) is 0 Å². The lowest BCUT2D eigenvalue weighted by Crippen LogP contribution is -1.88. The predicted molar refractivity (Wildman–Crippen MR) is 23.3 cm³/mol. The summed E-state index contributed by atoms with van der Waals surface area (Å²) in [6.07, 6.45) is 1.32. The van der Waals surface area contributed by atoms with Gasteiger partial charge in [-0.15, -0.1) is 6.58 Å². The highest BCUT2D eigenvalue weighted by Crippen LogP contribution is 2.48. The number of halogens is 2. The van der Waals surface area contributed by atoms with Crippen molar-refractivity contribution in [2.45, 2.75) is 12.3 Å². The van der Waals surface area contributed by atoms with Crippen LogP contribution >= 0.6 is 0 Å². The van der Waals surface area contributed by atoms with Crippen molar-refractivity contribution in [3.63, 3.8) is 0 Å². The van der Waals surface area contributed by atoms with Gasteiger partial charge in [-0.05, 0) is 0 Å². The second kappa shape index (κ2) is 1.05. The van der Waals surface area contributed by atoms with Crippen LogP contribution in [-0.2, 0) is 0 Å². The first-order valence-electron chi connectivity index (χ1n) is 2.17. The van der Waals surface area contributed by atoms with Crippen molar-refractivity contribution in [1.29, 1.82) is 0 Å². The molecule has 0 aliphatic heterocycles. The number of hydrogen-bond acceptors (Lipinski definition) is 0. The average Bonchev–Trinajstić information content (AvgIpc) is 2.13. The fraction of sp³-hybridized carbons (Fsp3) is 0.600. The SMILES string of the molecule is C=C[C@H]1CC1(F)F. The first-order chi connectivity index (χ1) is 3.17. The molecule has 0 unspecified atom stereocenters. The predicted octanol–water partition coefficient (Wildman–Crippen LogP) is 1.83. The van der Waals surface area contributed by atoms with Crippen LogP contribution < -0.4 is 0 Å². The van der Waals surface area contributed by atoms with Crippen molar-refractivity contribution >= 4 is 0 Å². The Balaban J connectivity index is 2.44. The van der Waals surface area contributed by atoms with E-state index < -0.39 is 11.8 Å². The van der Waals surface area contributed by atoms with Gasteiger partial charge in [-0.2, -0.15) is 0 Å². The van der Waals surface area contributed by atoms with Crippen molar-refractivity contribution in [2.75, 3.05) is 0 Å². The Kier molecular flexibility index (Phi) is 0.716. The van der Waals surface area contributed by atoms with E-state index in [1.807, 2.05) is 0 Å². The molecule has 1 atom stereocenters. The zero-order valence-corrected chi connectivity index (χ0v) is 3.82. The van der Waals surface area contributed by atoms with E-state index >= 15 is 0 Å². The molecule has 0 aromatic heterocycles. The normalized spacial score (nSPS) is 34.9. The summed E-state index contributed by atoms with van der Waals surface area (Å²) >= 11 is 0. The zero-order valence-electron chi connectivity index (χ0n) is 3.82. The molecule has 1 fully saturated rings. The highest BCUT2D eigenvalue weighted by atomic mass is 19.3. The van der Waals surface area contributed by atoms with Crippen LogP contribution in [0.1, 0.15) is 6.42 Å². The van der Waals surface area contributed by atoms with Crippen molar-refractivity contribution in [3.05, 3.63) is 12.7 Å². The van der Waals surface area contributed by atoms with Crippen LogP contribution in [0.2, 0.25) is 0 Å². The van der Waals surface area contributed by atoms with Gasteiger partial charge in [0.15, 0.2) is 0 Å². The molecule has 1 aliphatic carbocycles.